The molecule has 1 amide bonds. The highest BCUT2D eigenvalue weighted by Gasteiger charge is 2.35. The molecular formula is C17H19Cl2N3O3S. The van der Waals surface area contributed by atoms with Crippen LogP contribution in [0.3, 0.4) is 0 Å². The van der Waals surface area contributed by atoms with Crippen molar-refractivity contribution in [3.05, 3.63) is 38.8 Å². The van der Waals surface area contributed by atoms with E-state index in [0.29, 0.717) is 33.2 Å². The Morgan fingerprint density at radius 3 is 2.81 bits per heavy atom. The Labute approximate surface area is 165 Å². The molecule has 9 heteroatoms. The summed E-state index contributed by atoms with van der Waals surface area (Å²) >= 11 is 13.4. The Balaban J connectivity index is 1.79. The van der Waals surface area contributed by atoms with Gasteiger partial charge in [-0.25, -0.2) is 0 Å². The van der Waals surface area contributed by atoms with Gasteiger partial charge in [-0.05, 0) is 38.8 Å². The number of anilines is 1. The van der Waals surface area contributed by atoms with Crippen molar-refractivity contribution in [2.75, 3.05) is 11.9 Å². The van der Waals surface area contributed by atoms with E-state index in [4.69, 9.17) is 27.9 Å². The number of ether oxygens (including phenoxy) is 1. The van der Waals surface area contributed by atoms with Gasteiger partial charge >= 0.3 is 0 Å². The molecule has 0 radical (unpaired) electrons. The lowest BCUT2D eigenvalue weighted by molar-refractivity contribution is -0.129. The van der Waals surface area contributed by atoms with Gasteiger partial charge in [0.15, 0.2) is 0 Å². The van der Waals surface area contributed by atoms with Crippen LogP contribution in [-0.2, 0) is 15.1 Å². The van der Waals surface area contributed by atoms with Crippen LogP contribution >= 0.6 is 34.5 Å². The molecule has 0 saturated carbocycles. The molecule has 1 fully saturated rings. The van der Waals surface area contributed by atoms with Gasteiger partial charge in [-0.15, -0.1) is 10.2 Å². The fourth-order valence-electron chi connectivity index (χ4n) is 2.81. The fourth-order valence-corrected chi connectivity index (χ4v) is 4.07. The summed E-state index contributed by atoms with van der Waals surface area (Å²) in [5.41, 5.74) is -0.362. The van der Waals surface area contributed by atoms with Crippen LogP contribution in [0.4, 0.5) is 5.13 Å². The summed E-state index contributed by atoms with van der Waals surface area (Å²) < 4.78 is 5.85. The molecule has 1 aromatic heterocycles. The molecule has 26 heavy (non-hydrogen) atoms. The SMILES string of the molecule is CC(C)(O)c1nnc(NC(=O)[C@@H]2CCCO[C@H]2c2ccc(Cl)cc2Cl)s1. The van der Waals surface area contributed by atoms with Gasteiger partial charge in [0, 0.05) is 22.2 Å². The molecule has 3 rings (SSSR count). The van der Waals surface area contributed by atoms with Crippen LogP contribution in [0.2, 0.25) is 10.0 Å². The summed E-state index contributed by atoms with van der Waals surface area (Å²) in [6.45, 7) is 3.80. The molecule has 1 saturated heterocycles. The molecule has 1 aliphatic rings. The summed E-state index contributed by atoms with van der Waals surface area (Å²) in [6, 6.07) is 5.17. The minimum absolute atomic E-state index is 0.209. The summed E-state index contributed by atoms with van der Waals surface area (Å²) in [4.78, 5) is 12.8. The van der Waals surface area contributed by atoms with Gasteiger partial charge in [0.2, 0.25) is 11.0 Å². The number of halogens is 2. The lowest BCUT2D eigenvalue weighted by Crippen LogP contribution is -2.33. The smallest absolute Gasteiger partial charge is 0.232 e. The third-order valence-corrected chi connectivity index (χ3v) is 5.82. The van der Waals surface area contributed by atoms with Gasteiger partial charge in [0.1, 0.15) is 10.6 Å². The molecule has 6 nitrogen and oxygen atoms in total. The molecule has 2 aromatic rings. The normalized spacial score (nSPS) is 20.8. The van der Waals surface area contributed by atoms with Crippen molar-refractivity contribution in [2.45, 2.75) is 38.4 Å². The molecule has 0 unspecified atom stereocenters. The molecule has 2 atom stereocenters. The first-order valence-corrected chi connectivity index (χ1v) is 9.76. The number of nitrogens with zero attached hydrogens (tertiary/aromatic N) is 2. The quantitative estimate of drug-likeness (QED) is 0.781. The zero-order valence-electron chi connectivity index (χ0n) is 14.3. The van der Waals surface area contributed by atoms with E-state index in [1.54, 1.807) is 32.0 Å². The molecule has 1 aliphatic heterocycles. The van der Waals surface area contributed by atoms with E-state index in [1.807, 2.05) is 0 Å². The third-order valence-electron chi connectivity index (χ3n) is 4.11. The van der Waals surface area contributed by atoms with Crippen molar-refractivity contribution in [1.29, 1.82) is 0 Å². The van der Waals surface area contributed by atoms with E-state index in [-0.39, 0.29) is 5.91 Å². The summed E-state index contributed by atoms with van der Waals surface area (Å²) in [7, 11) is 0. The fraction of sp³-hybridized carbons (Fsp3) is 0.471. The molecule has 2 heterocycles. The van der Waals surface area contributed by atoms with Gasteiger partial charge in [0.05, 0.1) is 12.0 Å². The predicted octanol–water partition coefficient (Wildman–Crippen LogP) is 4.18. The average molecular weight is 416 g/mol. The second-order valence-corrected chi connectivity index (χ2v) is 8.49. The Kier molecular flexibility index (Phi) is 5.84. The largest absolute Gasteiger partial charge is 0.383 e. The van der Waals surface area contributed by atoms with Crippen LogP contribution in [0, 0.1) is 5.92 Å². The number of nitrogens with one attached hydrogen (secondary N) is 1. The summed E-state index contributed by atoms with van der Waals surface area (Å²) in [6.07, 6.45) is 1.01. The van der Waals surface area contributed by atoms with Gasteiger partial charge in [0.25, 0.3) is 0 Å². The lowest BCUT2D eigenvalue weighted by Gasteiger charge is -2.31. The Morgan fingerprint density at radius 1 is 1.38 bits per heavy atom. The van der Waals surface area contributed by atoms with Gasteiger partial charge in [-0.2, -0.15) is 0 Å². The summed E-state index contributed by atoms with van der Waals surface area (Å²) in [5, 5.41) is 22.4. The van der Waals surface area contributed by atoms with E-state index < -0.39 is 17.6 Å². The Bertz CT molecular complexity index is 807. The lowest BCUT2D eigenvalue weighted by atomic mass is 9.88. The number of carbonyl (C=O) groups excluding carboxylic acids is 1. The zero-order valence-corrected chi connectivity index (χ0v) is 16.7. The summed E-state index contributed by atoms with van der Waals surface area (Å²) in [5.74, 6) is -0.615. The van der Waals surface area contributed by atoms with Crippen molar-refractivity contribution in [1.82, 2.24) is 10.2 Å². The number of amides is 1. The highest BCUT2D eigenvalue weighted by molar-refractivity contribution is 7.15. The topological polar surface area (TPSA) is 84.3 Å². The molecule has 2 N–H and O–H groups in total. The first-order valence-electron chi connectivity index (χ1n) is 8.19. The van der Waals surface area contributed by atoms with E-state index in [9.17, 15) is 9.90 Å². The van der Waals surface area contributed by atoms with Crippen LogP contribution in [0.1, 0.15) is 43.4 Å². The van der Waals surface area contributed by atoms with E-state index in [1.165, 1.54) is 0 Å². The number of hydrogen-bond donors (Lipinski definition) is 2. The maximum absolute atomic E-state index is 12.8. The maximum atomic E-state index is 12.8. The number of benzene rings is 1. The first kappa shape index (κ1) is 19.5. The molecule has 0 aliphatic carbocycles. The van der Waals surface area contributed by atoms with E-state index in [2.05, 4.69) is 15.5 Å². The van der Waals surface area contributed by atoms with Gasteiger partial charge in [-0.3, -0.25) is 4.79 Å². The molecule has 1 aromatic carbocycles. The van der Waals surface area contributed by atoms with Crippen LogP contribution in [-0.4, -0.2) is 27.8 Å². The second kappa shape index (κ2) is 7.78. The number of hydrogen-bond acceptors (Lipinski definition) is 6. The van der Waals surface area contributed by atoms with Crippen LogP contribution in [0.5, 0.6) is 0 Å². The van der Waals surface area contributed by atoms with Gasteiger partial charge in [-0.1, -0.05) is 40.6 Å². The molecular weight excluding hydrogens is 397 g/mol. The highest BCUT2D eigenvalue weighted by Crippen LogP contribution is 2.38. The average Bonchev–Trinajstić information content (AvgIpc) is 3.04. The third kappa shape index (κ3) is 4.35. The van der Waals surface area contributed by atoms with Crippen molar-refractivity contribution in [3.63, 3.8) is 0 Å². The molecule has 140 valence electrons. The molecule has 0 bridgehead atoms. The number of aliphatic hydroxyl groups is 1. The van der Waals surface area contributed by atoms with E-state index in [0.717, 1.165) is 23.3 Å². The minimum Gasteiger partial charge on any atom is -0.383 e. The molecule has 0 spiro atoms. The Hall–Kier alpha value is -1.25. The maximum Gasteiger partial charge on any atom is 0.232 e. The van der Waals surface area contributed by atoms with Crippen molar-refractivity contribution >= 4 is 45.6 Å². The van der Waals surface area contributed by atoms with E-state index >= 15 is 0 Å². The zero-order chi connectivity index (χ0) is 18.9. The predicted molar refractivity (Wildman–Crippen MR) is 102 cm³/mol. The second-order valence-electron chi connectivity index (χ2n) is 6.67. The van der Waals surface area contributed by atoms with Crippen molar-refractivity contribution in [2.24, 2.45) is 5.92 Å². The number of carbonyl (C=O) groups is 1. The number of aromatic nitrogens is 2. The number of rotatable bonds is 4. The first-order chi connectivity index (χ1) is 12.3. The minimum atomic E-state index is -1.10. The van der Waals surface area contributed by atoms with Crippen LogP contribution < -0.4 is 5.32 Å². The monoisotopic (exact) mass is 415 g/mol. The van der Waals surface area contributed by atoms with Crippen LogP contribution in [0.25, 0.3) is 0 Å². The van der Waals surface area contributed by atoms with Crippen molar-refractivity contribution in [3.8, 4) is 0 Å². The van der Waals surface area contributed by atoms with Crippen LogP contribution in [0.15, 0.2) is 18.2 Å². The standard InChI is InChI=1S/C17H19Cl2N3O3S/c1-17(2,24)15-21-22-16(26-15)20-14(23)11-4-3-7-25-13(11)10-6-5-9(18)8-12(10)19/h5-6,8,11,13,24H,3-4,7H2,1-2H3,(H,20,22,23)/t11-,13+/m1/s1. The van der Waals surface area contributed by atoms with Crippen molar-refractivity contribution < 1.29 is 14.6 Å². The Morgan fingerprint density at radius 2 is 2.15 bits per heavy atom. The van der Waals surface area contributed by atoms with Gasteiger partial charge < -0.3 is 15.2 Å². The highest BCUT2D eigenvalue weighted by atomic mass is 35.5.